The minimum Gasteiger partial charge on any atom is -0.456 e. The molecule has 0 aliphatic rings. The first-order chi connectivity index (χ1) is 23.8. The van der Waals surface area contributed by atoms with Crippen molar-refractivity contribution >= 4 is 49.8 Å². The molecule has 0 aliphatic carbocycles. The van der Waals surface area contributed by atoms with Crippen LogP contribution in [0, 0.1) is 0 Å². The van der Waals surface area contributed by atoms with Crippen molar-refractivity contribution in [3.63, 3.8) is 0 Å². The maximum Gasteiger partial charge on any atom is 0.137 e. The highest BCUT2D eigenvalue weighted by atomic mass is 16.3. The number of fused-ring (bicyclic) bond motifs is 4. The molecule has 1 aromatic heterocycles. The van der Waals surface area contributed by atoms with Crippen LogP contribution in [0.4, 0.5) is 17.1 Å². The summed E-state index contributed by atoms with van der Waals surface area (Å²) in [5.41, 5.74) is 12.2. The molecule has 8 aromatic carbocycles. The van der Waals surface area contributed by atoms with Crippen molar-refractivity contribution < 1.29 is 4.42 Å². The van der Waals surface area contributed by atoms with Crippen LogP contribution in [0.25, 0.3) is 66.1 Å². The maximum absolute atomic E-state index is 6.42. The van der Waals surface area contributed by atoms with Gasteiger partial charge in [-0.1, -0.05) is 158 Å². The first-order valence-corrected chi connectivity index (χ1v) is 16.4. The molecule has 226 valence electrons. The topological polar surface area (TPSA) is 16.4 Å². The van der Waals surface area contributed by atoms with Gasteiger partial charge in [0.05, 0.1) is 22.4 Å². The molecule has 0 unspecified atom stereocenters. The zero-order valence-corrected chi connectivity index (χ0v) is 26.3. The zero-order chi connectivity index (χ0) is 31.9. The molecule has 1 heterocycles. The molecule has 0 N–H and O–H groups in total. The molecule has 9 rings (SSSR count). The van der Waals surface area contributed by atoms with Crippen LogP contribution in [0.1, 0.15) is 0 Å². The van der Waals surface area contributed by atoms with E-state index in [0.29, 0.717) is 0 Å². The van der Waals surface area contributed by atoms with Gasteiger partial charge >= 0.3 is 0 Å². The molecular formula is C46H31NO. The van der Waals surface area contributed by atoms with Gasteiger partial charge in [-0.25, -0.2) is 0 Å². The Balaban J connectivity index is 1.34. The van der Waals surface area contributed by atoms with Crippen LogP contribution in [0.15, 0.2) is 192 Å². The van der Waals surface area contributed by atoms with Gasteiger partial charge in [0.2, 0.25) is 0 Å². The molecule has 0 bridgehead atoms. The second-order valence-electron chi connectivity index (χ2n) is 12.1. The van der Waals surface area contributed by atoms with E-state index in [1.54, 1.807) is 0 Å². The fourth-order valence-electron chi connectivity index (χ4n) is 7.17. The van der Waals surface area contributed by atoms with Crippen molar-refractivity contribution in [2.75, 3.05) is 4.90 Å². The lowest BCUT2D eigenvalue weighted by Gasteiger charge is -2.30. The van der Waals surface area contributed by atoms with E-state index in [2.05, 4.69) is 187 Å². The molecule has 0 radical (unpaired) electrons. The molecule has 0 fully saturated rings. The molecule has 2 heteroatoms. The predicted octanol–water partition coefficient (Wildman–Crippen LogP) is 13.2. The largest absolute Gasteiger partial charge is 0.456 e. The monoisotopic (exact) mass is 613 g/mol. The van der Waals surface area contributed by atoms with E-state index in [-0.39, 0.29) is 0 Å². The fourth-order valence-corrected chi connectivity index (χ4v) is 7.17. The molecule has 0 aliphatic heterocycles. The molecule has 48 heavy (non-hydrogen) atoms. The van der Waals surface area contributed by atoms with Gasteiger partial charge in [-0.2, -0.15) is 0 Å². The number of nitrogens with zero attached hydrogens (tertiary/aromatic N) is 1. The average Bonchev–Trinajstić information content (AvgIpc) is 3.55. The molecule has 0 saturated carbocycles. The Hall–Kier alpha value is -6.38. The molecule has 0 atom stereocenters. The third-order valence-electron chi connectivity index (χ3n) is 9.29. The third-order valence-corrected chi connectivity index (χ3v) is 9.29. The number of anilines is 3. The normalized spacial score (nSPS) is 11.3. The number of hydrogen-bond donors (Lipinski definition) is 0. The van der Waals surface area contributed by atoms with Crippen LogP contribution in [-0.4, -0.2) is 0 Å². The highest BCUT2D eigenvalue weighted by molar-refractivity contribution is 6.15. The highest BCUT2D eigenvalue weighted by Crippen LogP contribution is 2.49. The predicted molar refractivity (Wildman–Crippen MR) is 202 cm³/mol. The smallest absolute Gasteiger partial charge is 0.137 e. The molecule has 0 spiro atoms. The molecular weight excluding hydrogens is 583 g/mol. The number of furan rings is 1. The summed E-state index contributed by atoms with van der Waals surface area (Å²) in [4.78, 5) is 2.43. The standard InChI is InChI=1S/C46H31NO/c1-2-16-32(17-3-1)34-20-6-7-22-36(34)37-23-8-9-24-38(37)39-25-10-12-27-42(39)47(41-28-14-19-33-18-4-5-21-35(33)41)43-29-15-31-45-46(43)40-26-11-13-30-44(40)48-45/h1-31H. The number of hydrogen-bond acceptors (Lipinski definition) is 2. The van der Waals surface area contributed by atoms with Crippen LogP contribution in [-0.2, 0) is 0 Å². The van der Waals surface area contributed by atoms with E-state index in [1.807, 2.05) is 6.07 Å². The first-order valence-electron chi connectivity index (χ1n) is 16.4. The van der Waals surface area contributed by atoms with Gasteiger partial charge in [-0.05, 0) is 63.5 Å². The Bertz CT molecular complexity index is 2570. The summed E-state index contributed by atoms with van der Waals surface area (Å²) in [6.07, 6.45) is 0. The Morgan fingerprint density at radius 2 is 0.812 bits per heavy atom. The van der Waals surface area contributed by atoms with Crippen molar-refractivity contribution in [3.05, 3.63) is 188 Å². The van der Waals surface area contributed by atoms with Gasteiger partial charge < -0.3 is 9.32 Å². The van der Waals surface area contributed by atoms with E-state index in [1.165, 1.54) is 38.6 Å². The number of rotatable bonds is 6. The van der Waals surface area contributed by atoms with Gasteiger partial charge in [0.25, 0.3) is 0 Å². The SMILES string of the molecule is c1ccc(-c2ccccc2-c2ccccc2-c2ccccc2N(c2cccc3ccccc23)c2cccc3oc4ccccc4c23)cc1. The Kier molecular flexibility index (Phi) is 6.84. The average molecular weight is 614 g/mol. The lowest BCUT2D eigenvalue weighted by Crippen LogP contribution is -2.12. The minimum absolute atomic E-state index is 0.869. The highest BCUT2D eigenvalue weighted by Gasteiger charge is 2.24. The van der Waals surface area contributed by atoms with Crippen molar-refractivity contribution in [3.8, 4) is 33.4 Å². The third kappa shape index (κ3) is 4.66. The summed E-state index contributed by atoms with van der Waals surface area (Å²) >= 11 is 0. The molecule has 9 aromatic rings. The minimum atomic E-state index is 0.869. The number of para-hydroxylation sites is 2. The number of benzene rings is 8. The van der Waals surface area contributed by atoms with Crippen LogP contribution >= 0.6 is 0 Å². The van der Waals surface area contributed by atoms with Crippen LogP contribution in [0.3, 0.4) is 0 Å². The van der Waals surface area contributed by atoms with Crippen molar-refractivity contribution in [1.29, 1.82) is 0 Å². The first kappa shape index (κ1) is 27.9. The van der Waals surface area contributed by atoms with E-state index in [9.17, 15) is 0 Å². The van der Waals surface area contributed by atoms with Gasteiger partial charge in [-0.3, -0.25) is 0 Å². The molecule has 0 saturated heterocycles. The second-order valence-corrected chi connectivity index (χ2v) is 12.1. The van der Waals surface area contributed by atoms with E-state index < -0.39 is 0 Å². The van der Waals surface area contributed by atoms with Crippen molar-refractivity contribution in [1.82, 2.24) is 0 Å². The van der Waals surface area contributed by atoms with Crippen molar-refractivity contribution in [2.45, 2.75) is 0 Å². The zero-order valence-electron chi connectivity index (χ0n) is 26.3. The maximum atomic E-state index is 6.42. The Labute approximate surface area is 279 Å². The quantitative estimate of drug-likeness (QED) is 0.185. The summed E-state index contributed by atoms with van der Waals surface area (Å²) in [5.74, 6) is 0. The lowest BCUT2D eigenvalue weighted by molar-refractivity contribution is 0.669. The Morgan fingerprint density at radius 1 is 0.312 bits per heavy atom. The summed E-state index contributed by atoms with van der Waals surface area (Å²) in [6, 6.07) is 66.9. The van der Waals surface area contributed by atoms with Gasteiger partial charge in [0.15, 0.2) is 0 Å². The van der Waals surface area contributed by atoms with Crippen LogP contribution < -0.4 is 4.90 Å². The summed E-state index contributed by atoms with van der Waals surface area (Å²) in [7, 11) is 0. The van der Waals surface area contributed by atoms with E-state index >= 15 is 0 Å². The summed E-state index contributed by atoms with van der Waals surface area (Å²) in [5, 5.41) is 4.57. The molecule has 2 nitrogen and oxygen atoms in total. The van der Waals surface area contributed by atoms with Gasteiger partial charge in [0, 0.05) is 16.3 Å². The van der Waals surface area contributed by atoms with Crippen molar-refractivity contribution in [2.24, 2.45) is 0 Å². The fraction of sp³-hybridized carbons (Fsp3) is 0. The van der Waals surface area contributed by atoms with Gasteiger partial charge in [-0.15, -0.1) is 0 Å². The lowest BCUT2D eigenvalue weighted by atomic mass is 9.88. The van der Waals surface area contributed by atoms with Crippen LogP contribution in [0.5, 0.6) is 0 Å². The van der Waals surface area contributed by atoms with E-state index in [4.69, 9.17) is 4.42 Å². The second kappa shape index (κ2) is 11.8. The van der Waals surface area contributed by atoms with Crippen LogP contribution in [0.2, 0.25) is 0 Å². The van der Waals surface area contributed by atoms with Gasteiger partial charge in [0.1, 0.15) is 11.2 Å². The van der Waals surface area contributed by atoms with E-state index in [0.717, 1.165) is 44.6 Å². The summed E-state index contributed by atoms with van der Waals surface area (Å²) in [6.45, 7) is 0. The summed E-state index contributed by atoms with van der Waals surface area (Å²) < 4.78 is 6.42. The Morgan fingerprint density at radius 3 is 1.62 bits per heavy atom. The molecule has 0 amide bonds.